The van der Waals surface area contributed by atoms with Crippen molar-refractivity contribution in [3.05, 3.63) is 0 Å². The van der Waals surface area contributed by atoms with Gasteiger partial charge in [-0.1, -0.05) is 26.2 Å². The first-order chi connectivity index (χ1) is 8.35. The number of esters is 1. The molecule has 5 heteroatoms. The monoisotopic (exact) mass is 257 g/mol. The van der Waals surface area contributed by atoms with E-state index in [1.54, 1.807) is 0 Å². The molecule has 0 bridgehead atoms. The molecule has 0 aliphatic carbocycles. The van der Waals surface area contributed by atoms with Crippen LogP contribution >= 0.6 is 0 Å². The van der Waals surface area contributed by atoms with Crippen LogP contribution in [0.2, 0.25) is 0 Å². The third-order valence-electron chi connectivity index (χ3n) is 2.13. The van der Waals surface area contributed by atoms with Crippen LogP contribution in [0.3, 0.4) is 0 Å². The average Bonchev–Trinajstić information content (AvgIpc) is 2.24. The molecule has 18 heavy (non-hydrogen) atoms. The molecule has 0 atom stereocenters. The van der Waals surface area contributed by atoms with Gasteiger partial charge in [0.05, 0.1) is 0 Å². The van der Waals surface area contributed by atoms with Gasteiger partial charge in [0, 0.05) is 6.54 Å². The zero-order valence-corrected chi connectivity index (χ0v) is 12.1. The number of unbranched alkanes of at least 4 members (excludes halogenated alkanes) is 3. The molecule has 0 amide bonds. The van der Waals surface area contributed by atoms with Crippen molar-refractivity contribution in [1.82, 2.24) is 5.32 Å². The lowest BCUT2D eigenvalue weighted by Gasteiger charge is -2.18. The van der Waals surface area contributed by atoms with Crippen LogP contribution < -0.4 is 11.1 Å². The van der Waals surface area contributed by atoms with Crippen LogP contribution in [0.1, 0.15) is 53.4 Å². The topological polar surface area (TPSA) is 76.7 Å². The second-order valence-electron chi connectivity index (χ2n) is 5.28. The lowest BCUT2D eigenvalue weighted by atomic mass is 10.2. The van der Waals surface area contributed by atoms with Gasteiger partial charge in [-0.3, -0.25) is 4.79 Å². The number of carbonyl (C=O) groups excluding carboxylic acids is 1. The van der Waals surface area contributed by atoms with E-state index in [1.165, 1.54) is 19.3 Å². The molecule has 0 aromatic carbocycles. The van der Waals surface area contributed by atoms with E-state index in [4.69, 9.17) is 10.5 Å². The highest BCUT2D eigenvalue weighted by atomic mass is 16.6. The molecule has 0 spiro atoms. The van der Waals surface area contributed by atoms with E-state index in [0.717, 1.165) is 13.0 Å². The van der Waals surface area contributed by atoms with Crippen LogP contribution in [0.4, 0.5) is 0 Å². The Labute approximate surface area is 110 Å². The second-order valence-corrected chi connectivity index (χ2v) is 5.28. The Balaban J connectivity index is 3.73. The third kappa shape index (κ3) is 11.2. The van der Waals surface area contributed by atoms with Crippen LogP contribution in [0.15, 0.2) is 4.99 Å². The van der Waals surface area contributed by atoms with Crippen molar-refractivity contribution in [3.8, 4) is 0 Å². The fourth-order valence-electron chi connectivity index (χ4n) is 1.35. The van der Waals surface area contributed by atoms with Gasteiger partial charge in [-0.05, 0) is 27.2 Å². The summed E-state index contributed by atoms with van der Waals surface area (Å²) in [4.78, 5) is 15.3. The van der Waals surface area contributed by atoms with Crippen molar-refractivity contribution in [2.24, 2.45) is 10.7 Å². The number of aliphatic imine (C=N–C) groups is 1. The Morgan fingerprint density at radius 1 is 1.28 bits per heavy atom. The predicted octanol–water partition coefficient (Wildman–Crippen LogP) is 1.81. The van der Waals surface area contributed by atoms with E-state index < -0.39 is 5.60 Å². The lowest BCUT2D eigenvalue weighted by molar-refractivity contribution is -0.152. The maximum absolute atomic E-state index is 11.4. The Morgan fingerprint density at radius 3 is 2.50 bits per heavy atom. The summed E-state index contributed by atoms with van der Waals surface area (Å²) in [6, 6.07) is 0. The van der Waals surface area contributed by atoms with E-state index in [2.05, 4.69) is 17.2 Å². The summed E-state index contributed by atoms with van der Waals surface area (Å²) in [6.45, 7) is 8.40. The summed E-state index contributed by atoms with van der Waals surface area (Å²) in [7, 11) is 0. The van der Waals surface area contributed by atoms with E-state index >= 15 is 0 Å². The first-order valence-electron chi connectivity index (χ1n) is 6.61. The molecule has 5 nitrogen and oxygen atoms in total. The third-order valence-corrected chi connectivity index (χ3v) is 2.13. The zero-order valence-electron chi connectivity index (χ0n) is 12.1. The van der Waals surface area contributed by atoms with Gasteiger partial charge in [0.2, 0.25) is 0 Å². The molecule has 0 aliphatic heterocycles. The molecule has 0 saturated heterocycles. The minimum atomic E-state index is -0.477. The van der Waals surface area contributed by atoms with Gasteiger partial charge in [0.15, 0.2) is 5.96 Å². The number of nitrogens with two attached hydrogens (primary N) is 1. The zero-order chi connectivity index (χ0) is 14.0. The van der Waals surface area contributed by atoms with Gasteiger partial charge < -0.3 is 15.8 Å². The molecule has 3 N–H and O–H groups in total. The highest BCUT2D eigenvalue weighted by Gasteiger charge is 2.15. The molecular formula is C13H27N3O2. The molecule has 0 aromatic rings. The van der Waals surface area contributed by atoms with E-state index in [1.807, 2.05) is 20.8 Å². The standard InChI is InChI=1S/C13H27N3O2/c1-5-6-7-8-9-15-12(14)16-10-11(17)18-13(2,3)4/h5-10H2,1-4H3,(H3,14,15,16). The second kappa shape index (κ2) is 8.78. The number of rotatable bonds is 7. The molecule has 0 saturated carbocycles. The number of hydrogen-bond acceptors (Lipinski definition) is 3. The van der Waals surface area contributed by atoms with Crippen molar-refractivity contribution < 1.29 is 9.53 Å². The largest absolute Gasteiger partial charge is 0.459 e. The minimum absolute atomic E-state index is 0.0366. The highest BCUT2D eigenvalue weighted by molar-refractivity contribution is 5.81. The maximum Gasteiger partial charge on any atom is 0.328 e. The van der Waals surface area contributed by atoms with Crippen LogP contribution in [0.5, 0.6) is 0 Å². The first-order valence-corrected chi connectivity index (χ1v) is 6.61. The molecule has 0 rings (SSSR count). The van der Waals surface area contributed by atoms with Crippen molar-refractivity contribution >= 4 is 11.9 Å². The van der Waals surface area contributed by atoms with Crippen molar-refractivity contribution in [2.45, 2.75) is 59.0 Å². The minimum Gasteiger partial charge on any atom is -0.459 e. The molecule has 106 valence electrons. The molecule has 0 radical (unpaired) electrons. The Kier molecular flexibility index (Phi) is 8.16. The number of guanidine groups is 1. The van der Waals surface area contributed by atoms with Gasteiger partial charge in [-0.2, -0.15) is 0 Å². The highest BCUT2D eigenvalue weighted by Crippen LogP contribution is 2.06. The molecule has 0 aliphatic rings. The number of ether oxygens (including phenoxy) is 1. The first kappa shape index (κ1) is 16.7. The Morgan fingerprint density at radius 2 is 1.94 bits per heavy atom. The molecule has 0 unspecified atom stereocenters. The van der Waals surface area contributed by atoms with Crippen LogP contribution in [-0.4, -0.2) is 30.6 Å². The molecule has 0 heterocycles. The number of nitrogens with zero attached hydrogens (tertiary/aromatic N) is 1. The van der Waals surface area contributed by atoms with Crippen molar-refractivity contribution in [1.29, 1.82) is 0 Å². The lowest BCUT2D eigenvalue weighted by Crippen LogP contribution is -2.33. The molecule has 0 aromatic heterocycles. The van der Waals surface area contributed by atoms with Gasteiger partial charge in [0.1, 0.15) is 12.1 Å². The summed E-state index contributed by atoms with van der Waals surface area (Å²) in [5, 5.41) is 2.98. The van der Waals surface area contributed by atoms with E-state index in [-0.39, 0.29) is 12.5 Å². The molecule has 0 fully saturated rings. The van der Waals surface area contributed by atoms with Gasteiger partial charge in [-0.15, -0.1) is 0 Å². The fourth-order valence-corrected chi connectivity index (χ4v) is 1.35. The normalized spacial score (nSPS) is 12.3. The van der Waals surface area contributed by atoms with Gasteiger partial charge in [0.25, 0.3) is 0 Å². The Bertz CT molecular complexity index is 270. The summed E-state index contributed by atoms with van der Waals surface area (Å²) < 4.78 is 5.12. The Hall–Kier alpha value is -1.26. The average molecular weight is 257 g/mol. The smallest absolute Gasteiger partial charge is 0.328 e. The van der Waals surface area contributed by atoms with Crippen LogP contribution in [0, 0.1) is 0 Å². The number of hydrogen-bond donors (Lipinski definition) is 2. The SMILES string of the molecule is CCCCCCNC(N)=NCC(=O)OC(C)(C)C. The molecular weight excluding hydrogens is 230 g/mol. The number of nitrogens with one attached hydrogen (secondary N) is 1. The van der Waals surface area contributed by atoms with Crippen molar-refractivity contribution in [3.63, 3.8) is 0 Å². The van der Waals surface area contributed by atoms with Crippen LogP contribution in [-0.2, 0) is 9.53 Å². The summed E-state index contributed by atoms with van der Waals surface area (Å²) in [5.74, 6) is -0.0596. The quantitative estimate of drug-likeness (QED) is 0.316. The summed E-state index contributed by atoms with van der Waals surface area (Å²) in [6.07, 6.45) is 4.69. The fraction of sp³-hybridized carbons (Fsp3) is 0.846. The van der Waals surface area contributed by atoms with Crippen LogP contribution in [0.25, 0.3) is 0 Å². The van der Waals surface area contributed by atoms with Gasteiger partial charge >= 0.3 is 5.97 Å². The van der Waals surface area contributed by atoms with Crippen molar-refractivity contribution in [2.75, 3.05) is 13.1 Å². The maximum atomic E-state index is 11.4. The number of carbonyl (C=O) groups is 1. The predicted molar refractivity (Wildman–Crippen MR) is 74.5 cm³/mol. The van der Waals surface area contributed by atoms with Gasteiger partial charge in [-0.25, -0.2) is 4.99 Å². The van der Waals surface area contributed by atoms with E-state index in [0.29, 0.717) is 5.96 Å². The summed E-state index contributed by atoms with van der Waals surface area (Å²) >= 11 is 0. The van der Waals surface area contributed by atoms with E-state index in [9.17, 15) is 4.79 Å². The summed E-state index contributed by atoms with van der Waals surface area (Å²) in [5.41, 5.74) is 5.15.